The molecule has 5 aromatic heterocycles. The monoisotopic (exact) mass is 915 g/mol. The van der Waals surface area contributed by atoms with Gasteiger partial charge in [-0.2, -0.15) is 5.10 Å². The van der Waals surface area contributed by atoms with E-state index in [1.807, 2.05) is 56.2 Å². The molecule has 4 aliphatic rings. The maximum atomic E-state index is 15.2. The number of piperidine rings is 1. The average Bonchev–Trinajstić information content (AvgIpc) is 3.90. The molecule has 8 heterocycles. The van der Waals surface area contributed by atoms with Crippen LogP contribution in [0.25, 0.3) is 33.8 Å². The summed E-state index contributed by atoms with van der Waals surface area (Å²) >= 11 is 0. The number of halogens is 2. The predicted molar refractivity (Wildman–Crippen MR) is 243 cm³/mol. The van der Waals surface area contributed by atoms with E-state index in [0.717, 1.165) is 35.4 Å². The van der Waals surface area contributed by atoms with Crippen LogP contribution in [0.4, 0.5) is 30.8 Å². The van der Waals surface area contributed by atoms with Crippen LogP contribution in [-0.4, -0.2) is 119 Å². The van der Waals surface area contributed by atoms with Crippen molar-refractivity contribution in [3.8, 4) is 22.8 Å². The molecule has 3 aliphatic heterocycles. The first-order valence-corrected chi connectivity index (χ1v) is 22.6. The maximum Gasteiger partial charge on any atom is 0.317 e. The number of amides is 4. The molecule has 19 nitrogen and oxygen atoms in total. The Balaban J connectivity index is 0.685. The van der Waals surface area contributed by atoms with Gasteiger partial charge in [-0.15, -0.1) is 0 Å². The Labute approximate surface area is 383 Å². The van der Waals surface area contributed by atoms with Gasteiger partial charge in [-0.05, 0) is 69.4 Å². The first kappa shape index (κ1) is 43.7. The molecular formula is C46H51F2N15O4. The first-order valence-electron chi connectivity index (χ1n) is 22.6. The van der Waals surface area contributed by atoms with E-state index in [0.29, 0.717) is 98.4 Å². The molecule has 1 aromatic carbocycles. The van der Waals surface area contributed by atoms with Gasteiger partial charge in [-0.1, -0.05) is 11.2 Å². The molecule has 67 heavy (non-hydrogen) atoms. The van der Waals surface area contributed by atoms with Crippen molar-refractivity contribution in [3.05, 3.63) is 83.4 Å². The Hall–Kier alpha value is -7.16. The van der Waals surface area contributed by atoms with Crippen molar-refractivity contribution >= 4 is 46.1 Å². The van der Waals surface area contributed by atoms with E-state index in [1.54, 1.807) is 9.80 Å². The lowest BCUT2D eigenvalue weighted by molar-refractivity contribution is -0.133. The zero-order valence-electron chi connectivity index (χ0n) is 37.4. The highest BCUT2D eigenvalue weighted by Crippen LogP contribution is 2.48. The second-order valence-electron chi connectivity index (χ2n) is 18.7. The molecule has 10 rings (SSSR count). The van der Waals surface area contributed by atoms with Crippen molar-refractivity contribution < 1.29 is 27.7 Å². The second kappa shape index (κ2) is 17.6. The highest BCUT2D eigenvalue weighted by Gasteiger charge is 2.38. The molecule has 4 amide bonds. The zero-order chi connectivity index (χ0) is 46.6. The average molecular weight is 916 g/mol. The summed E-state index contributed by atoms with van der Waals surface area (Å²) in [5, 5.41) is 18.1. The summed E-state index contributed by atoms with van der Waals surface area (Å²) in [5.41, 5.74) is 11.1. The van der Waals surface area contributed by atoms with Gasteiger partial charge in [0.1, 0.15) is 35.3 Å². The predicted octanol–water partition coefficient (Wildman–Crippen LogP) is 4.72. The summed E-state index contributed by atoms with van der Waals surface area (Å²) in [5.74, 6) is -0.493. The molecule has 21 heteroatoms. The molecule has 1 saturated carbocycles. The number of carbonyl (C=O) groups excluding carboxylic acids is 3. The Morgan fingerprint density at radius 1 is 0.925 bits per heavy atom. The number of piperazine rings is 1. The van der Waals surface area contributed by atoms with Gasteiger partial charge < -0.3 is 30.7 Å². The van der Waals surface area contributed by atoms with E-state index in [9.17, 15) is 14.4 Å². The fourth-order valence-corrected chi connectivity index (χ4v) is 8.92. The Kier molecular flexibility index (Phi) is 11.5. The number of likely N-dealkylation sites (tertiary alicyclic amines) is 1. The van der Waals surface area contributed by atoms with E-state index in [1.165, 1.54) is 18.5 Å². The van der Waals surface area contributed by atoms with Crippen LogP contribution in [-0.2, 0) is 28.1 Å². The summed E-state index contributed by atoms with van der Waals surface area (Å²) in [6.45, 7) is 10.3. The lowest BCUT2D eigenvalue weighted by Crippen LogP contribution is -2.52. The number of fused-ring (bicyclic) bond motifs is 1. The minimum Gasteiger partial charge on any atom is -0.383 e. The molecule has 348 valence electrons. The van der Waals surface area contributed by atoms with Crippen LogP contribution >= 0.6 is 0 Å². The van der Waals surface area contributed by atoms with Crippen molar-refractivity contribution in [1.29, 1.82) is 0 Å². The van der Waals surface area contributed by atoms with E-state index < -0.39 is 29.1 Å². The highest BCUT2D eigenvalue weighted by molar-refractivity contribution is 6.02. The molecule has 1 atom stereocenters. The highest BCUT2D eigenvalue weighted by atomic mass is 19.1. The SMILES string of the molecule is CC(C)(C)n1nc(-c2noc(C3CC3)c2-c2ncc(C3CN(C(=O)NCCc4ccc(CN5CCN(c6c(F)cc(NC7CCC(=O)NC7=O)cc6F)CC5)cn4)C3)cn2)c2c(N)ncnc21. The minimum atomic E-state index is -0.739. The number of anilines is 3. The van der Waals surface area contributed by atoms with Crippen LogP contribution in [0.5, 0.6) is 0 Å². The van der Waals surface area contributed by atoms with Gasteiger partial charge in [0.2, 0.25) is 11.8 Å². The van der Waals surface area contributed by atoms with E-state index in [4.69, 9.17) is 25.3 Å². The van der Waals surface area contributed by atoms with Gasteiger partial charge in [0.25, 0.3) is 0 Å². The smallest absolute Gasteiger partial charge is 0.317 e. The van der Waals surface area contributed by atoms with E-state index >= 15 is 8.78 Å². The second-order valence-corrected chi connectivity index (χ2v) is 18.7. The summed E-state index contributed by atoms with van der Waals surface area (Å²) in [6, 6.07) is 5.46. The summed E-state index contributed by atoms with van der Waals surface area (Å²) in [7, 11) is 0. The van der Waals surface area contributed by atoms with Crippen molar-refractivity contribution in [1.82, 2.24) is 60.3 Å². The van der Waals surface area contributed by atoms with Crippen LogP contribution in [0.1, 0.15) is 80.9 Å². The Morgan fingerprint density at radius 2 is 1.67 bits per heavy atom. The van der Waals surface area contributed by atoms with Gasteiger partial charge in [0.15, 0.2) is 28.9 Å². The molecule has 4 fully saturated rings. The number of benzene rings is 1. The standard InChI is InChI=1S/C46H51F2N15O4/c1-46(2,3)63-43-36(41(49)54-24-55-43)37(58-63)38-35(40(67-59-38)26-5-6-26)42-52-19-27(20-53-42)28-22-62(23-28)45(66)50-11-10-29-7-4-25(18-51-29)21-60-12-14-61(15-13-60)39-31(47)16-30(17-32(39)48)56-33-8-9-34(64)57-44(33)65/h4,7,16-20,24,26,28,33,56H,5-6,8-15,21-23H2,1-3H3,(H,50,66)(H2,49,54,55)(H,57,64,65). The van der Waals surface area contributed by atoms with Gasteiger partial charge in [0.05, 0.1) is 16.5 Å². The van der Waals surface area contributed by atoms with Crippen molar-refractivity contribution in [3.63, 3.8) is 0 Å². The third-order valence-corrected chi connectivity index (χ3v) is 12.8. The number of nitrogens with two attached hydrogens (primary N) is 1. The first-order chi connectivity index (χ1) is 32.3. The number of pyridine rings is 1. The lowest BCUT2D eigenvalue weighted by Gasteiger charge is -2.39. The number of nitrogens with one attached hydrogen (secondary N) is 3. The number of hydrogen-bond donors (Lipinski definition) is 4. The zero-order valence-corrected chi connectivity index (χ0v) is 37.4. The molecule has 1 unspecified atom stereocenters. The molecule has 0 bridgehead atoms. The van der Waals surface area contributed by atoms with Crippen LogP contribution in [0.2, 0.25) is 0 Å². The van der Waals surface area contributed by atoms with Crippen molar-refractivity contribution in [2.24, 2.45) is 0 Å². The molecule has 6 aromatic rings. The summed E-state index contributed by atoms with van der Waals surface area (Å²) < 4.78 is 38.2. The van der Waals surface area contributed by atoms with Crippen LogP contribution in [0, 0.1) is 11.6 Å². The minimum absolute atomic E-state index is 0.0927. The van der Waals surface area contributed by atoms with Crippen molar-refractivity contribution in [2.75, 3.05) is 61.8 Å². The number of hydrogen-bond acceptors (Lipinski definition) is 15. The topological polar surface area (TPSA) is 231 Å². The third kappa shape index (κ3) is 8.94. The quantitative estimate of drug-likeness (QED) is 0.122. The maximum absolute atomic E-state index is 15.2. The summed E-state index contributed by atoms with van der Waals surface area (Å²) in [4.78, 5) is 65.2. The van der Waals surface area contributed by atoms with Gasteiger partial charge in [-0.25, -0.2) is 38.2 Å². The molecule has 0 radical (unpaired) electrons. The van der Waals surface area contributed by atoms with Crippen LogP contribution < -0.4 is 26.6 Å². The van der Waals surface area contributed by atoms with Gasteiger partial charge >= 0.3 is 6.03 Å². The molecule has 0 spiro atoms. The number of aromatic nitrogens is 8. The number of rotatable bonds is 12. The van der Waals surface area contributed by atoms with E-state index in [-0.39, 0.29) is 48.0 Å². The Morgan fingerprint density at radius 3 is 2.34 bits per heavy atom. The fraction of sp³-hybridized carbons (Fsp3) is 0.435. The largest absolute Gasteiger partial charge is 0.383 e. The fourth-order valence-electron chi connectivity index (χ4n) is 8.92. The molecule has 5 N–H and O–H groups in total. The van der Waals surface area contributed by atoms with Crippen LogP contribution in [0.3, 0.4) is 0 Å². The summed E-state index contributed by atoms with van der Waals surface area (Å²) in [6.07, 6.45) is 9.82. The number of imide groups is 1. The molecular weight excluding hydrogens is 865 g/mol. The number of nitrogen functional groups attached to an aromatic ring is 1. The molecule has 3 saturated heterocycles. The number of nitrogens with zero attached hydrogens (tertiary/aromatic N) is 11. The normalized spacial score (nSPS) is 18.3. The Bertz CT molecular complexity index is 2820. The van der Waals surface area contributed by atoms with Gasteiger partial charge in [0, 0.05) is 107 Å². The molecule has 1 aliphatic carbocycles. The van der Waals surface area contributed by atoms with Gasteiger partial charge in [-0.3, -0.25) is 24.8 Å². The van der Waals surface area contributed by atoms with E-state index in [2.05, 4.69) is 41.0 Å². The lowest BCUT2D eigenvalue weighted by atomic mass is 9.94. The van der Waals surface area contributed by atoms with Crippen LogP contribution in [0.15, 0.2) is 53.7 Å². The number of carbonyl (C=O) groups is 3. The van der Waals surface area contributed by atoms with Crippen molar-refractivity contribution in [2.45, 2.75) is 82.8 Å². The third-order valence-electron chi connectivity index (χ3n) is 12.8. The number of urea groups is 1.